The minimum absolute atomic E-state index is 0.134. The Balaban J connectivity index is 1.67. The van der Waals surface area contributed by atoms with Crippen LogP contribution >= 0.6 is 0 Å². The number of nitrogens with one attached hydrogen (secondary N) is 2. The Morgan fingerprint density at radius 2 is 2.16 bits per heavy atom. The Hall–Kier alpha value is -2.04. The lowest BCUT2D eigenvalue weighted by atomic mass is 10.2. The summed E-state index contributed by atoms with van der Waals surface area (Å²) in [6, 6.07) is 7.94. The number of esters is 1. The van der Waals surface area contributed by atoms with Gasteiger partial charge in [0, 0.05) is 13.0 Å². The first-order chi connectivity index (χ1) is 9.29. The van der Waals surface area contributed by atoms with Crippen molar-refractivity contribution in [1.82, 2.24) is 9.97 Å². The third-order valence-electron chi connectivity index (χ3n) is 2.97. The van der Waals surface area contributed by atoms with E-state index in [1.54, 1.807) is 0 Å². The zero-order valence-electron chi connectivity index (χ0n) is 11.1. The third kappa shape index (κ3) is 3.98. The minimum atomic E-state index is -0.134. The van der Waals surface area contributed by atoms with Crippen LogP contribution in [-0.4, -0.2) is 29.6 Å². The van der Waals surface area contributed by atoms with E-state index in [0.29, 0.717) is 6.42 Å². The van der Waals surface area contributed by atoms with Gasteiger partial charge in [0.25, 0.3) is 0 Å². The zero-order valence-corrected chi connectivity index (χ0v) is 11.1. The van der Waals surface area contributed by atoms with Crippen molar-refractivity contribution in [3.05, 3.63) is 24.3 Å². The van der Waals surface area contributed by atoms with E-state index in [0.717, 1.165) is 42.8 Å². The number of benzene rings is 1. The second-order valence-corrected chi connectivity index (χ2v) is 4.42. The van der Waals surface area contributed by atoms with Gasteiger partial charge in [0.1, 0.15) is 0 Å². The molecule has 0 fully saturated rings. The molecule has 19 heavy (non-hydrogen) atoms. The van der Waals surface area contributed by atoms with E-state index in [2.05, 4.69) is 20.0 Å². The number of imidazole rings is 1. The number of rotatable bonds is 7. The van der Waals surface area contributed by atoms with Gasteiger partial charge < -0.3 is 15.0 Å². The first-order valence-electron chi connectivity index (χ1n) is 6.55. The standard InChI is InChI=1S/C14H19N3O2/c1-19-13(18)9-3-2-6-10-15-14-16-11-7-4-5-8-12(11)17-14/h4-5,7-8H,2-3,6,9-10H2,1H3,(H2,15,16,17). The zero-order chi connectivity index (χ0) is 13.5. The van der Waals surface area contributed by atoms with Gasteiger partial charge in [-0.25, -0.2) is 4.98 Å². The summed E-state index contributed by atoms with van der Waals surface area (Å²) in [5, 5.41) is 3.25. The number of hydrogen-bond donors (Lipinski definition) is 2. The van der Waals surface area contributed by atoms with Crippen molar-refractivity contribution in [1.29, 1.82) is 0 Å². The molecule has 2 N–H and O–H groups in total. The number of hydrogen-bond acceptors (Lipinski definition) is 4. The summed E-state index contributed by atoms with van der Waals surface area (Å²) < 4.78 is 4.59. The average molecular weight is 261 g/mol. The molecule has 0 saturated carbocycles. The number of carbonyl (C=O) groups is 1. The predicted molar refractivity (Wildman–Crippen MR) is 75.1 cm³/mol. The molecule has 102 valence electrons. The maximum Gasteiger partial charge on any atom is 0.305 e. The molecule has 0 bridgehead atoms. The van der Waals surface area contributed by atoms with Crippen LogP contribution in [0.5, 0.6) is 0 Å². The van der Waals surface area contributed by atoms with Crippen molar-refractivity contribution < 1.29 is 9.53 Å². The number of ether oxygens (including phenoxy) is 1. The molecule has 0 amide bonds. The molecule has 0 radical (unpaired) electrons. The maximum absolute atomic E-state index is 10.9. The fourth-order valence-electron chi connectivity index (χ4n) is 1.92. The maximum atomic E-state index is 10.9. The van der Waals surface area contributed by atoms with Gasteiger partial charge in [-0.3, -0.25) is 4.79 Å². The van der Waals surface area contributed by atoms with Gasteiger partial charge >= 0.3 is 5.97 Å². The molecule has 0 aliphatic carbocycles. The molecule has 1 aromatic carbocycles. The summed E-state index contributed by atoms with van der Waals surface area (Å²) in [4.78, 5) is 18.6. The Labute approximate surface area is 112 Å². The Kier molecular flexibility index (Phi) is 4.78. The second kappa shape index (κ2) is 6.78. The number of aromatic amines is 1. The van der Waals surface area contributed by atoms with Gasteiger partial charge in [-0.05, 0) is 25.0 Å². The van der Waals surface area contributed by atoms with E-state index >= 15 is 0 Å². The van der Waals surface area contributed by atoms with Gasteiger partial charge in [0.15, 0.2) is 0 Å². The Morgan fingerprint density at radius 3 is 2.95 bits per heavy atom. The van der Waals surface area contributed by atoms with Crippen LogP contribution in [0.4, 0.5) is 5.95 Å². The molecule has 1 heterocycles. The molecule has 0 saturated heterocycles. The summed E-state index contributed by atoms with van der Waals surface area (Å²) in [5.74, 6) is 0.666. The molecule has 0 aliphatic heterocycles. The molecule has 2 rings (SSSR count). The summed E-state index contributed by atoms with van der Waals surface area (Å²) >= 11 is 0. The highest BCUT2D eigenvalue weighted by Gasteiger charge is 2.01. The lowest BCUT2D eigenvalue weighted by Crippen LogP contribution is -2.04. The highest BCUT2D eigenvalue weighted by atomic mass is 16.5. The number of fused-ring (bicyclic) bond motifs is 1. The van der Waals surface area contributed by atoms with Crippen molar-refractivity contribution in [2.45, 2.75) is 25.7 Å². The van der Waals surface area contributed by atoms with E-state index in [4.69, 9.17) is 0 Å². The van der Waals surface area contributed by atoms with Crippen LogP contribution in [0.15, 0.2) is 24.3 Å². The van der Waals surface area contributed by atoms with Crippen LogP contribution in [0, 0.1) is 0 Å². The largest absolute Gasteiger partial charge is 0.469 e. The van der Waals surface area contributed by atoms with Gasteiger partial charge in [0.05, 0.1) is 18.1 Å². The number of nitrogens with zero attached hydrogens (tertiary/aromatic N) is 1. The molecule has 2 aromatic rings. The summed E-state index contributed by atoms with van der Waals surface area (Å²) in [7, 11) is 1.42. The number of methoxy groups -OCH3 is 1. The van der Waals surface area contributed by atoms with Crippen LogP contribution < -0.4 is 5.32 Å². The molecular weight excluding hydrogens is 242 g/mol. The first-order valence-corrected chi connectivity index (χ1v) is 6.55. The normalized spacial score (nSPS) is 10.6. The van der Waals surface area contributed by atoms with Crippen LogP contribution in [-0.2, 0) is 9.53 Å². The van der Waals surface area contributed by atoms with Gasteiger partial charge in [-0.15, -0.1) is 0 Å². The molecule has 0 atom stereocenters. The van der Waals surface area contributed by atoms with Crippen molar-refractivity contribution >= 4 is 23.0 Å². The number of carbonyl (C=O) groups excluding carboxylic acids is 1. The summed E-state index contributed by atoms with van der Waals surface area (Å²) in [6.07, 6.45) is 3.38. The number of aromatic nitrogens is 2. The van der Waals surface area contributed by atoms with E-state index < -0.39 is 0 Å². The summed E-state index contributed by atoms with van der Waals surface area (Å²) in [5.41, 5.74) is 2.01. The van der Waals surface area contributed by atoms with Gasteiger partial charge in [-0.1, -0.05) is 18.6 Å². The van der Waals surface area contributed by atoms with Crippen LogP contribution in [0.1, 0.15) is 25.7 Å². The molecule has 0 unspecified atom stereocenters. The SMILES string of the molecule is COC(=O)CCCCCNc1nc2ccccc2[nH]1. The molecular formula is C14H19N3O2. The quantitative estimate of drug-likeness (QED) is 0.594. The minimum Gasteiger partial charge on any atom is -0.469 e. The van der Waals surface area contributed by atoms with Crippen molar-refractivity contribution in [2.24, 2.45) is 0 Å². The van der Waals surface area contributed by atoms with Crippen molar-refractivity contribution in [3.63, 3.8) is 0 Å². The van der Waals surface area contributed by atoms with Crippen LogP contribution in [0.25, 0.3) is 11.0 Å². The smallest absolute Gasteiger partial charge is 0.305 e. The fraction of sp³-hybridized carbons (Fsp3) is 0.429. The Morgan fingerprint density at radius 1 is 1.32 bits per heavy atom. The topological polar surface area (TPSA) is 67.0 Å². The highest BCUT2D eigenvalue weighted by Crippen LogP contribution is 2.13. The van der Waals surface area contributed by atoms with Crippen LogP contribution in [0.3, 0.4) is 0 Å². The molecule has 0 aliphatic rings. The molecule has 1 aromatic heterocycles. The van der Waals surface area contributed by atoms with Gasteiger partial charge in [-0.2, -0.15) is 0 Å². The monoisotopic (exact) mass is 261 g/mol. The fourth-order valence-corrected chi connectivity index (χ4v) is 1.92. The highest BCUT2D eigenvalue weighted by molar-refractivity contribution is 5.77. The van der Waals surface area contributed by atoms with E-state index in [9.17, 15) is 4.79 Å². The predicted octanol–water partition coefficient (Wildman–Crippen LogP) is 2.71. The second-order valence-electron chi connectivity index (χ2n) is 4.42. The lowest BCUT2D eigenvalue weighted by molar-refractivity contribution is -0.140. The lowest BCUT2D eigenvalue weighted by Gasteiger charge is -2.02. The number of H-pyrrole nitrogens is 1. The van der Waals surface area contributed by atoms with Crippen LogP contribution in [0.2, 0.25) is 0 Å². The molecule has 5 heteroatoms. The third-order valence-corrected chi connectivity index (χ3v) is 2.97. The number of unbranched alkanes of at least 4 members (excludes halogenated alkanes) is 2. The van der Waals surface area contributed by atoms with Crippen molar-refractivity contribution in [2.75, 3.05) is 19.0 Å². The number of anilines is 1. The number of para-hydroxylation sites is 2. The van der Waals surface area contributed by atoms with Crippen molar-refractivity contribution in [3.8, 4) is 0 Å². The van der Waals surface area contributed by atoms with E-state index in [1.807, 2.05) is 24.3 Å². The molecule has 0 spiro atoms. The first kappa shape index (κ1) is 13.4. The summed E-state index contributed by atoms with van der Waals surface area (Å²) in [6.45, 7) is 0.848. The van der Waals surface area contributed by atoms with Gasteiger partial charge in [0.2, 0.25) is 5.95 Å². The van der Waals surface area contributed by atoms with E-state index in [1.165, 1.54) is 7.11 Å². The Bertz CT molecular complexity index is 503. The van der Waals surface area contributed by atoms with E-state index in [-0.39, 0.29) is 5.97 Å². The molecule has 5 nitrogen and oxygen atoms in total. The average Bonchev–Trinajstić information content (AvgIpc) is 2.84.